The zero-order chi connectivity index (χ0) is 26.6. The highest BCUT2D eigenvalue weighted by Gasteiger charge is 2.32. The van der Waals surface area contributed by atoms with Gasteiger partial charge >= 0.3 is 0 Å². The number of amides is 2. The summed E-state index contributed by atoms with van der Waals surface area (Å²) in [5.41, 5.74) is 0.902. The van der Waals surface area contributed by atoms with Gasteiger partial charge in [-0.1, -0.05) is 54.2 Å². The van der Waals surface area contributed by atoms with Crippen molar-refractivity contribution in [1.82, 2.24) is 10.2 Å². The summed E-state index contributed by atoms with van der Waals surface area (Å²) in [4.78, 5) is 29.4. The Morgan fingerprint density at radius 1 is 1.08 bits per heavy atom. The van der Waals surface area contributed by atoms with Crippen molar-refractivity contribution in [3.63, 3.8) is 0 Å². The molecule has 2 aromatic rings. The minimum atomic E-state index is -4.07. The van der Waals surface area contributed by atoms with E-state index in [0.717, 1.165) is 26.4 Å². The third-order valence-corrected chi connectivity index (χ3v) is 8.05. The second-order valence-corrected chi connectivity index (χ2v) is 11.2. The maximum Gasteiger partial charge on any atom is 0.265 e. The van der Waals surface area contributed by atoms with Gasteiger partial charge in [-0.15, -0.1) is 0 Å². The van der Waals surface area contributed by atoms with Crippen LogP contribution in [-0.4, -0.2) is 67.4 Å². The van der Waals surface area contributed by atoms with Gasteiger partial charge in [0.05, 0.1) is 29.6 Å². The Bertz CT molecular complexity index is 1450. The smallest absolute Gasteiger partial charge is 0.265 e. The molecule has 2 heterocycles. The van der Waals surface area contributed by atoms with Crippen molar-refractivity contribution >= 4 is 67.5 Å². The molecule has 0 bridgehead atoms. The molecule has 0 aliphatic carbocycles. The number of hydrogen-bond donors (Lipinski definition) is 2. The van der Waals surface area contributed by atoms with Crippen LogP contribution in [0.1, 0.15) is 6.42 Å². The van der Waals surface area contributed by atoms with Gasteiger partial charge in [0.25, 0.3) is 21.9 Å². The predicted molar refractivity (Wildman–Crippen MR) is 148 cm³/mol. The van der Waals surface area contributed by atoms with Crippen LogP contribution in [0.2, 0.25) is 0 Å². The van der Waals surface area contributed by atoms with Crippen LogP contribution in [0.15, 0.2) is 76.2 Å². The van der Waals surface area contributed by atoms with E-state index in [-0.39, 0.29) is 36.0 Å². The molecule has 37 heavy (non-hydrogen) atoms. The van der Waals surface area contributed by atoms with Gasteiger partial charge < -0.3 is 9.64 Å². The lowest BCUT2D eigenvalue weighted by atomic mass is 10.1. The number of thioether (sulfide) groups is 1. The topological polar surface area (TPSA) is 116 Å². The Kier molecular flexibility index (Phi) is 8.45. The highest BCUT2D eigenvalue weighted by Crippen LogP contribution is 2.49. The average molecular weight is 560 g/mol. The van der Waals surface area contributed by atoms with Crippen molar-refractivity contribution in [3.05, 3.63) is 71.3 Å². The number of carbonyl (C=O) groups excluding carboxylic acids is 2. The van der Waals surface area contributed by atoms with E-state index in [9.17, 15) is 18.0 Å². The fraction of sp³-hybridized carbons (Fsp3) is 0.240. The van der Waals surface area contributed by atoms with Gasteiger partial charge in [-0.25, -0.2) is 0 Å². The van der Waals surface area contributed by atoms with Crippen molar-refractivity contribution in [2.45, 2.75) is 11.3 Å². The molecule has 0 saturated carbocycles. The van der Waals surface area contributed by atoms with Crippen molar-refractivity contribution in [2.75, 3.05) is 37.5 Å². The highest BCUT2D eigenvalue weighted by atomic mass is 32.2. The molecule has 0 aromatic heterocycles. The molecule has 2 aliphatic heterocycles. The molecule has 2 aliphatic rings. The van der Waals surface area contributed by atoms with Crippen molar-refractivity contribution < 1.29 is 27.3 Å². The Balaban J connectivity index is 1.59. The zero-order valence-electron chi connectivity index (χ0n) is 19.9. The van der Waals surface area contributed by atoms with Gasteiger partial charge in [0.15, 0.2) is 5.11 Å². The molecule has 4 rings (SSSR count). The summed E-state index contributed by atoms with van der Waals surface area (Å²) < 4.78 is 36.6. The van der Waals surface area contributed by atoms with Gasteiger partial charge in [-0.3, -0.25) is 24.4 Å². The van der Waals surface area contributed by atoms with E-state index in [4.69, 9.17) is 21.5 Å². The SMILES string of the molecule is COCCN1C(=O)C(=CC=CC=C2Sc3c(ccc4ccccc34)N2CCCS(=O)(=O)O)C(=O)NC1=S. The minimum Gasteiger partial charge on any atom is -0.383 e. The Morgan fingerprint density at radius 3 is 2.59 bits per heavy atom. The first-order valence-electron chi connectivity index (χ1n) is 11.4. The molecule has 0 spiro atoms. The number of thiocarbonyl (C=S) groups is 1. The molecule has 12 heteroatoms. The van der Waals surface area contributed by atoms with Gasteiger partial charge in [-0.2, -0.15) is 8.42 Å². The third-order valence-electron chi connectivity index (χ3n) is 5.72. The first-order valence-corrected chi connectivity index (χ1v) is 14.2. The number of hydrogen-bond acceptors (Lipinski definition) is 8. The second-order valence-electron chi connectivity index (χ2n) is 8.21. The van der Waals surface area contributed by atoms with E-state index in [1.807, 2.05) is 47.4 Å². The van der Waals surface area contributed by atoms with Crippen LogP contribution in [0.25, 0.3) is 10.8 Å². The zero-order valence-corrected chi connectivity index (χ0v) is 22.4. The van der Waals surface area contributed by atoms with Crippen molar-refractivity contribution in [2.24, 2.45) is 0 Å². The number of benzene rings is 2. The van der Waals surface area contributed by atoms with Crippen LogP contribution in [0, 0.1) is 0 Å². The normalized spacial score (nSPS) is 18.5. The number of fused-ring (bicyclic) bond motifs is 3. The molecule has 0 radical (unpaired) electrons. The van der Waals surface area contributed by atoms with Crippen LogP contribution in [-0.2, 0) is 24.4 Å². The summed E-state index contributed by atoms with van der Waals surface area (Å²) in [7, 11) is -2.56. The number of methoxy groups -OCH3 is 1. The number of allylic oxidation sites excluding steroid dienone is 4. The van der Waals surface area contributed by atoms with E-state index in [0.29, 0.717) is 6.54 Å². The predicted octanol–water partition coefficient (Wildman–Crippen LogP) is 3.24. The number of rotatable bonds is 9. The van der Waals surface area contributed by atoms with Gasteiger partial charge in [-0.05, 0) is 47.6 Å². The maximum absolute atomic E-state index is 12.7. The molecule has 9 nitrogen and oxygen atoms in total. The number of nitrogens with one attached hydrogen (secondary N) is 1. The van der Waals surface area contributed by atoms with E-state index in [2.05, 4.69) is 5.32 Å². The first-order chi connectivity index (χ1) is 17.7. The lowest BCUT2D eigenvalue weighted by Crippen LogP contribution is -2.54. The van der Waals surface area contributed by atoms with Crippen LogP contribution < -0.4 is 10.2 Å². The number of carbonyl (C=O) groups is 2. The van der Waals surface area contributed by atoms with Gasteiger partial charge in [0, 0.05) is 18.6 Å². The fourth-order valence-corrected chi connectivity index (χ4v) is 5.97. The molecule has 2 amide bonds. The van der Waals surface area contributed by atoms with Crippen molar-refractivity contribution in [3.8, 4) is 0 Å². The largest absolute Gasteiger partial charge is 0.383 e. The van der Waals surface area contributed by atoms with Gasteiger partial charge in [0.1, 0.15) is 5.57 Å². The summed E-state index contributed by atoms with van der Waals surface area (Å²) in [6, 6.07) is 12.0. The van der Waals surface area contributed by atoms with Crippen LogP contribution in [0.3, 0.4) is 0 Å². The monoisotopic (exact) mass is 559 g/mol. The third kappa shape index (κ3) is 6.28. The summed E-state index contributed by atoms with van der Waals surface area (Å²) in [5, 5.41) is 5.57. The summed E-state index contributed by atoms with van der Waals surface area (Å²) in [6.07, 6.45) is 6.82. The molecule has 2 N–H and O–H groups in total. The number of anilines is 1. The lowest BCUT2D eigenvalue weighted by molar-refractivity contribution is -0.129. The average Bonchev–Trinajstić information content (AvgIpc) is 3.20. The molecule has 194 valence electrons. The Hall–Kier alpha value is -3.03. The Labute approximate surface area is 224 Å². The van der Waals surface area contributed by atoms with E-state index in [1.54, 1.807) is 23.9 Å². The maximum atomic E-state index is 12.7. The summed E-state index contributed by atoms with van der Waals surface area (Å²) in [6.45, 7) is 0.878. The molecular weight excluding hydrogens is 534 g/mol. The Morgan fingerprint density at radius 2 is 1.84 bits per heavy atom. The molecular formula is C25H25N3O6S3. The van der Waals surface area contributed by atoms with Gasteiger partial charge in [0.2, 0.25) is 0 Å². The van der Waals surface area contributed by atoms with Crippen LogP contribution >= 0.6 is 24.0 Å². The quantitative estimate of drug-likeness (QED) is 0.207. The first kappa shape index (κ1) is 27.0. The molecule has 2 aromatic carbocycles. The molecule has 1 fully saturated rings. The lowest BCUT2D eigenvalue weighted by Gasteiger charge is -2.28. The van der Waals surface area contributed by atoms with E-state index in [1.165, 1.54) is 18.1 Å². The molecule has 1 saturated heterocycles. The van der Waals surface area contributed by atoms with Crippen LogP contribution in [0.4, 0.5) is 5.69 Å². The minimum absolute atomic E-state index is 0.0438. The second kappa shape index (κ2) is 11.6. The highest BCUT2D eigenvalue weighted by molar-refractivity contribution is 8.04. The summed E-state index contributed by atoms with van der Waals surface area (Å²) in [5.74, 6) is -1.41. The fourth-order valence-electron chi connectivity index (χ4n) is 3.98. The van der Waals surface area contributed by atoms with Crippen LogP contribution in [0.5, 0.6) is 0 Å². The standard InChI is InChI=1S/C25H25N3O6S3/c1-34-15-14-28-24(30)19(23(29)26-25(28)35)9-4-5-10-21-27(13-6-16-37(31,32)33)20-12-11-17-7-2-3-8-18(17)22(20)36-21/h2-5,7-12H,6,13-16H2,1H3,(H,26,29,35)(H,31,32,33). The molecule has 0 unspecified atom stereocenters. The van der Waals surface area contributed by atoms with E-state index < -0.39 is 21.9 Å². The van der Waals surface area contributed by atoms with E-state index >= 15 is 0 Å². The summed E-state index contributed by atoms with van der Waals surface area (Å²) >= 11 is 6.64. The number of ether oxygens (including phenoxy) is 1. The number of nitrogens with zero attached hydrogens (tertiary/aromatic N) is 2. The van der Waals surface area contributed by atoms with Crippen molar-refractivity contribution in [1.29, 1.82) is 0 Å². The molecule has 0 atom stereocenters.